The molecule has 2 rings (SSSR count). The van der Waals surface area contributed by atoms with Gasteiger partial charge in [-0.25, -0.2) is 4.39 Å². The van der Waals surface area contributed by atoms with E-state index in [0.29, 0.717) is 0 Å². The molecule has 1 atom stereocenters. The highest BCUT2D eigenvalue weighted by atomic mass is 19.1. The van der Waals surface area contributed by atoms with E-state index in [1.165, 1.54) is 6.07 Å². The van der Waals surface area contributed by atoms with Gasteiger partial charge in [-0.2, -0.15) is 0 Å². The Morgan fingerprint density at radius 2 is 1.88 bits per heavy atom. The lowest BCUT2D eigenvalue weighted by Gasteiger charge is -2.35. The monoisotopic (exact) mass is 237 g/mol. The Morgan fingerprint density at radius 3 is 2.47 bits per heavy atom. The molecule has 1 unspecified atom stereocenters. The summed E-state index contributed by atoms with van der Waals surface area (Å²) in [6, 6.07) is 4.78. The van der Waals surface area contributed by atoms with Gasteiger partial charge in [0.15, 0.2) is 0 Å². The lowest BCUT2D eigenvalue weighted by molar-refractivity contribution is 0.312. The molecule has 0 radical (unpaired) electrons. The predicted octanol–water partition coefficient (Wildman–Crippen LogP) is 1.60. The Balaban J connectivity index is 2.25. The molecule has 1 fully saturated rings. The van der Waals surface area contributed by atoms with Crippen molar-refractivity contribution in [2.24, 2.45) is 5.73 Å². The first-order valence-corrected chi connectivity index (χ1v) is 6.06. The molecular weight excluding hydrogens is 217 g/mol. The van der Waals surface area contributed by atoms with Crippen LogP contribution in [0.25, 0.3) is 0 Å². The van der Waals surface area contributed by atoms with E-state index in [0.717, 1.165) is 37.4 Å². The van der Waals surface area contributed by atoms with Gasteiger partial charge >= 0.3 is 0 Å². The van der Waals surface area contributed by atoms with Gasteiger partial charge < -0.3 is 15.5 Å². The smallest absolute Gasteiger partial charge is 0.123 e. The topological polar surface area (TPSA) is 32.5 Å². The van der Waals surface area contributed by atoms with E-state index >= 15 is 0 Å². The van der Waals surface area contributed by atoms with Crippen LogP contribution in [-0.2, 0) is 0 Å². The lowest BCUT2D eigenvalue weighted by atomic mass is 10.0. The molecule has 0 aromatic heterocycles. The lowest BCUT2D eigenvalue weighted by Crippen LogP contribution is -2.45. The van der Waals surface area contributed by atoms with Gasteiger partial charge in [0, 0.05) is 37.9 Å². The van der Waals surface area contributed by atoms with Crippen molar-refractivity contribution in [2.45, 2.75) is 13.0 Å². The van der Waals surface area contributed by atoms with Gasteiger partial charge in [0.2, 0.25) is 0 Å². The number of nitrogens with two attached hydrogens (primary N) is 1. The van der Waals surface area contributed by atoms with Crippen LogP contribution in [0.1, 0.15) is 18.5 Å². The van der Waals surface area contributed by atoms with Gasteiger partial charge in [-0.05, 0) is 37.7 Å². The van der Waals surface area contributed by atoms with Crippen molar-refractivity contribution < 1.29 is 4.39 Å². The average Bonchev–Trinajstić information content (AvgIpc) is 2.30. The maximum atomic E-state index is 13.3. The van der Waals surface area contributed by atoms with Crippen LogP contribution in [0.5, 0.6) is 0 Å². The second-order valence-corrected chi connectivity index (χ2v) is 4.78. The largest absolute Gasteiger partial charge is 0.369 e. The number of hydrogen-bond acceptors (Lipinski definition) is 3. The molecule has 1 saturated heterocycles. The second kappa shape index (κ2) is 5.02. The summed E-state index contributed by atoms with van der Waals surface area (Å²) in [5, 5.41) is 0. The molecule has 2 N–H and O–H groups in total. The minimum absolute atomic E-state index is 0.139. The van der Waals surface area contributed by atoms with Gasteiger partial charge in [-0.3, -0.25) is 0 Å². The molecule has 3 nitrogen and oxygen atoms in total. The summed E-state index contributed by atoms with van der Waals surface area (Å²) in [7, 11) is 2.12. The summed E-state index contributed by atoms with van der Waals surface area (Å²) in [5.74, 6) is -0.213. The van der Waals surface area contributed by atoms with Crippen molar-refractivity contribution in [3.05, 3.63) is 29.6 Å². The standard InChI is InChI=1S/C13H20FN3/c1-10(15)12-9-11(14)3-4-13(12)17-7-5-16(2)6-8-17/h3-4,9-10H,5-8,15H2,1-2H3. The summed E-state index contributed by atoms with van der Waals surface area (Å²) in [5.41, 5.74) is 7.89. The molecule has 1 aromatic carbocycles. The molecule has 1 aliphatic heterocycles. The molecule has 4 heteroatoms. The minimum atomic E-state index is -0.213. The van der Waals surface area contributed by atoms with Gasteiger partial charge in [0.1, 0.15) is 5.82 Å². The highest BCUT2D eigenvalue weighted by Gasteiger charge is 2.18. The van der Waals surface area contributed by atoms with Crippen LogP contribution >= 0.6 is 0 Å². The van der Waals surface area contributed by atoms with Crippen molar-refractivity contribution in [2.75, 3.05) is 38.1 Å². The van der Waals surface area contributed by atoms with E-state index in [9.17, 15) is 4.39 Å². The Morgan fingerprint density at radius 1 is 1.24 bits per heavy atom. The van der Waals surface area contributed by atoms with E-state index in [1.54, 1.807) is 6.07 Å². The Hall–Kier alpha value is -1.13. The molecule has 94 valence electrons. The number of likely N-dealkylation sites (N-methyl/N-ethyl adjacent to an activating group) is 1. The Labute approximate surface area is 102 Å². The number of anilines is 1. The van der Waals surface area contributed by atoms with E-state index < -0.39 is 0 Å². The van der Waals surface area contributed by atoms with Crippen LogP contribution in [0.4, 0.5) is 10.1 Å². The van der Waals surface area contributed by atoms with Crippen molar-refractivity contribution in [3.8, 4) is 0 Å². The number of hydrogen-bond donors (Lipinski definition) is 1. The molecule has 0 spiro atoms. The summed E-state index contributed by atoms with van der Waals surface area (Å²) < 4.78 is 13.3. The minimum Gasteiger partial charge on any atom is -0.369 e. The van der Waals surface area contributed by atoms with Gasteiger partial charge in [-0.1, -0.05) is 0 Å². The summed E-state index contributed by atoms with van der Waals surface area (Å²) in [4.78, 5) is 4.59. The highest BCUT2D eigenvalue weighted by Crippen LogP contribution is 2.26. The average molecular weight is 237 g/mol. The SMILES string of the molecule is CC(N)c1cc(F)ccc1N1CCN(C)CC1. The van der Waals surface area contributed by atoms with Crippen molar-refractivity contribution in [1.29, 1.82) is 0 Å². The maximum Gasteiger partial charge on any atom is 0.123 e. The Kier molecular flexibility index (Phi) is 3.64. The fourth-order valence-corrected chi connectivity index (χ4v) is 2.23. The van der Waals surface area contributed by atoms with Crippen LogP contribution in [0.2, 0.25) is 0 Å². The molecule has 1 heterocycles. The van der Waals surface area contributed by atoms with E-state index in [2.05, 4.69) is 16.8 Å². The van der Waals surface area contributed by atoms with Crippen LogP contribution in [-0.4, -0.2) is 38.1 Å². The predicted molar refractivity (Wildman–Crippen MR) is 68.7 cm³/mol. The van der Waals surface area contributed by atoms with Crippen LogP contribution in [0.15, 0.2) is 18.2 Å². The van der Waals surface area contributed by atoms with E-state index in [4.69, 9.17) is 5.73 Å². The molecular formula is C13H20FN3. The first-order chi connectivity index (χ1) is 8.08. The van der Waals surface area contributed by atoms with E-state index in [1.807, 2.05) is 13.0 Å². The van der Waals surface area contributed by atoms with Crippen molar-refractivity contribution in [1.82, 2.24) is 4.90 Å². The third-order valence-electron chi connectivity index (χ3n) is 3.32. The summed E-state index contributed by atoms with van der Waals surface area (Å²) in [6.45, 7) is 5.92. The van der Waals surface area contributed by atoms with Crippen LogP contribution in [0, 0.1) is 5.82 Å². The normalized spacial score (nSPS) is 19.4. The van der Waals surface area contributed by atoms with Gasteiger partial charge in [0.05, 0.1) is 0 Å². The fraction of sp³-hybridized carbons (Fsp3) is 0.538. The quantitative estimate of drug-likeness (QED) is 0.848. The van der Waals surface area contributed by atoms with Crippen molar-refractivity contribution in [3.63, 3.8) is 0 Å². The van der Waals surface area contributed by atoms with Crippen molar-refractivity contribution >= 4 is 5.69 Å². The third kappa shape index (κ3) is 2.76. The highest BCUT2D eigenvalue weighted by molar-refractivity contribution is 5.55. The first kappa shape index (κ1) is 12.3. The summed E-state index contributed by atoms with van der Waals surface area (Å²) >= 11 is 0. The molecule has 0 amide bonds. The zero-order valence-corrected chi connectivity index (χ0v) is 10.5. The third-order valence-corrected chi connectivity index (χ3v) is 3.32. The number of rotatable bonds is 2. The molecule has 17 heavy (non-hydrogen) atoms. The number of nitrogens with zero attached hydrogens (tertiary/aromatic N) is 2. The number of benzene rings is 1. The molecule has 0 saturated carbocycles. The van der Waals surface area contributed by atoms with Gasteiger partial charge in [-0.15, -0.1) is 0 Å². The Bertz CT molecular complexity index is 384. The maximum absolute atomic E-state index is 13.3. The number of halogens is 1. The van der Waals surface area contributed by atoms with Crippen LogP contribution in [0.3, 0.4) is 0 Å². The first-order valence-electron chi connectivity index (χ1n) is 6.06. The zero-order valence-electron chi connectivity index (χ0n) is 10.5. The number of piperazine rings is 1. The van der Waals surface area contributed by atoms with Crippen LogP contribution < -0.4 is 10.6 Å². The van der Waals surface area contributed by atoms with E-state index in [-0.39, 0.29) is 11.9 Å². The molecule has 1 aromatic rings. The summed E-state index contributed by atoms with van der Waals surface area (Å²) in [6.07, 6.45) is 0. The van der Waals surface area contributed by atoms with Gasteiger partial charge in [0.25, 0.3) is 0 Å². The second-order valence-electron chi connectivity index (χ2n) is 4.78. The fourth-order valence-electron chi connectivity index (χ4n) is 2.23. The zero-order chi connectivity index (χ0) is 12.4. The molecule has 0 bridgehead atoms. The molecule has 0 aliphatic carbocycles. The molecule has 1 aliphatic rings.